The monoisotopic (exact) mass is 489 g/mol. The normalized spacial score (nSPS) is 23.9. The van der Waals surface area contributed by atoms with E-state index in [1.807, 2.05) is 66.9 Å². The molecule has 3 atom stereocenters. The van der Waals surface area contributed by atoms with Crippen molar-refractivity contribution in [2.24, 2.45) is 5.92 Å². The number of benzene rings is 1. The first-order valence-electron chi connectivity index (χ1n) is 13.0. The highest BCUT2D eigenvalue weighted by Crippen LogP contribution is 2.35. The number of carbonyl (C=O) groups is 2. The van der Waals surface area contributed by atoms with Gasteiger partial charge in [0.1, 0.15) is 22.7 Å². The number of ether oxygens (including phenoxy) is 1. The summed E-state index contributed by atoms with van der Waals surface area (Å²) in [6.07, 6.45) is 6.02. The lowest BCUT2D eigenvalue weighted by atomic mass is 9.85. The highest BCUT2D eigenvalue weighted by Gasteiger charge is 2.48. The van der Waals surface area contributed by atoms with Gasteiger partial charge in [0.2, 0.25) is 5.91 Å². The lowest BCUT2D eigenvalue weighted by Crippen LogP contribution is -2.65. The zero-order valence-corrected chi connectivity index (χ0v) is 21.3. The number of fused-ring (bicyclic) bond motifs is 1. The Bertz CT molecular complexity index is 1210. The second-order valence-corrected chi connectivity index (χ2v) is 10.3. The maximum atomic E-state index is 14.0. The van der Waals surface area contributed by atoms with Gasteiger partial charge in [0, 0.05) is 12.6 Å². The molecule has 7 nitrogen and oxygen atoms in total. The van der Waals surface area contributed by atoms with Crippen LogP contribution in [0.25, 0.3) is 11.5 Å². The van der Waals surface area contributed by atoms with E-state index in [9.17, 15) is 9.59 Å². The van der Waals surface area contributed by atoms with Crippen molar-refractivity contribution in [1.29, 1.82) is 0 Å². The molecule has 190 valence electrons. The molecule has 1 aromatic carbocycles. The first-order valence-corrected chi connectivity index (χ1v) is 13.0. The van der Waals surface area contributed by atoms with E-state index in [-0.39, 0.29) is 17.9 Å². The third-order valence-corrected chi connectivity index (χ3v) is 7.77. The average molecular weight is 490 g/mol. The fraction of sp³-hybridized carbons (Fsp3) is 0.448. The van der Waals surface area contributed by atoms with E-state index in [1.54, 1.807) is 11.2 Å². The summed E-state index contributed by atoms with van der Waals surface area (Å²) >= 11 is 0. The fourth-order valence-corrected chi connectivity index (χ4v) is 5.56. The summed E-state index contributed by atoms with van der Waals surface area (Å²) < 4.78 is 13.1. The van der Waals surface area contributed by atoms with E-state index in [2.05, 4.69) is 12.2 Å². The quantitative estimate of drug-likeness (QED) is 0.491. The maximum absolute atomic E-state index is 14.0. The lowest BCUT2D eigenvalue weighted by molar-refractivity contribution is -0.134. The zero-order chi connectivity index (χ0) is 25.3. The van der Waals surface area contributed by atoms with Gasteiger partial charge in [0.15, 0.2) is 0 Å². The van der Waals surface area contributed by atoms with Gasteiger partial charge in [-0.15, -0.1) is 0 Å². The van der Waals surface area contributed by atoms with Crippen LogP contribution in [0, 0.1) is 5.92 Å². The molecule has 1 saturated carbocycles. The second-order valence-electron chi connectivity index (χ2n) is 10.3. The Labute approximate surface area is 212 Å². The number of amides is 2. The van der Waals surface area contributed by atoms with Gasteiger partial charge in [0.25, 0.3) is 5.91 Å². The molecule has 0 radical (unpaired) electrons. The maximum Gasteiger partial charge on any atom is 0.271 e. The molecule has 0 bridgehead atoms. The Kier molecular flexibility index (Phi) is 6.65. The molecular weight excluding hydrogens is 454 g/mol. The average Bonchev–Trinajstić information content (AvgIpc) is 3.54. The number of carbonyl (C=O) groups excluding carboxylic acids is 2. The molecule has 0 unspecified atom stereocenters. The Morgan fingerprint density at radius 2 is 1.86 bits per heavy atom. The molecule has 2 aliphatic rings. The van der Waals surface area contributed by atoms with Crippen LogP contribution in [0.5, 0.6) is 5.75 Å². The van der Waals surface area contributed by atoms with Gasteiger partial charge in [-0.25, -0.2) is 0 Å². The molecule has 7 heteroatoms. The largest absolute Gasteiger partial charge is 0.494 e. The number of nitrogens with one attached hydrogen (secondary N) is 1. The first-order chi connectivity index (χ1) is 17.4. The molecule has 1 fully saturated rings. The number of hydrogen-bond acceptors (Lipinski definition) is 4. The Morgan fingerprint density at radius 3 is 2.56 bits per heavy atom. The summed E-state index contributed by atoms with van der Waals surface area (Å²) in [5.74, 6) is 1.62. The molecule has 0 spiro atoms. The van der Waals surface area contributed by atoms with Crippen LogP contribution in [0.4, 0.5) is 0 Å². The molecule has 1 N–H and O–H groups in total. The molecule has 3 heterocycles. The first kappa shape index (κ1) is 24.2. The minimum Gasteiger partial charge on any atom is -0.494 e. The standard InChI is InChI=1S/C29H35N3O4/c1-4-35-22-13-11-21(12-14-22)18-32-27(33)25-16-15-24(26-10-7-17-36-26)31(25)19-29(32,3)28(34)30-23-9-6-5-8-20(23)2/h7,10-17,20,23H,4-6,8-9,18-19H2,1-3H3,(H,30,34)/t20-,23-,29+/m0/s1. The smallest absolute Gasteiger partial charge is 0.271 e. The van der Waals surface area contributed by atoms with Crippen molar-refractivity contribution in [2.45, 2.75) is 71.1 Å². The van der Waals surface area contributed by atoms with Crippen molar-refractivity contribution in [2.75, 3.05) is 6.61 Å². The van der Waals surface area contributed by atoms with Gasteiger partial charge < -0.3 is 23.9 Å². The van der Waals surface area contributed by atoms with Gasteiger partial charge in [-0.1, -0.05) is 31.9 Å². The van der Waals surface area contributed by atoms with Gasteiger partial charge in [0.05, 0.1) is 25.1 Å². The van der Waals surface area contributed by atoms with Crippen LogP contribution in [-0.4, -0.2) is 39.5 Å². The number of hydrogen-bond donors (Lipinski definition) is 1. The number of aromatic nitrogens is 1. The molecule has 2 amide bonds. The van der Waals surface area contributed by atoms with Crippen LogP contribution >= 0.6 is 0 Å². The summed E-state index contributed by atoms with van der Waals surface area (Å²) in [6, 6.07) is 15.3. The van der Waals surface area contributed by atoms with Crippen molar-refractivity contribution < 1.29 is 18.7 Å². The third kappa shape index (κ3) is 4.43. The Balaban J connectivity index is 1.50. The number of nitrogens with zero attached hydrogens (tertiary/aromatic N) is 2. The Hall–Kier alpha value is -3.48. The van der Waals surface area contributed by atoms with Crippen LogP contribution in [0.3, 0.4) is 0 Å². The summed E-state index contributed by atoms with van der Waals surface area (Å²) in [5, 5.41) is 3.33. The van der Waals surface area contributed by atoms with Crippen molar-refractivity contribution >= 4 is 11.8 Å². The summed E-state index contributed by atoms with van der Waals surface area (Å²) in [5.41, 5.74) is 1.24. The number of rotatable bonds is 7. The van der Waals surface area contributed by atoms with Crippen LogP contribution in [-0.2, 0) is 17.9 Å². The molecule has 0 saturated heterocycles. The SMILES string of the molecule is CCOc1ccc(CN2C(=O)c3ccc(-c4ccco4)n3C[C@]2(C)C(=O)N[C@H]2CCCC[C@@H]2C)cc1. The van der Waals surface area contributed by atoms with E-state index in [0.29, 0.717) is 37.1 Å². The fourth-order valence-electron chi connectivity index (χ4n) is 5.56. The van der Waals surface area contributed by atoms with Gasteiger partial charge in [-0.05, 0) is 74.6 Å². The van der Waals surface area contributed by atoms with Crippen LogP contribution in [0.1, 0.15) is 62.5 Å². The second kappa shape index (κ2) is 9.88. The van der Waals surface area contributed by atoms with E-state index >= 15 is 0 Å². The van der Waals surface area contributed by atoms with E-state index < -0.39 is 5.54 Å². The van der Waals surface area contributed by atoms with Crippen LogP contribution in [0.2, 0.25) is 0 Å². The molecule has 1 aliphatic heterocycles. The molecular formula is C29H35N3O4. The minimum absolute atomic E-state index is 0.106. The van der Waals surface area contributed by atoms with E-state index in [0.717, 1.165) is 36.3 Å². The van der Waals surface area contributed by atoms with Crippen molar-refractivity contribution in [3.63, 3.8) is 0 Å². The molecule has 5 rings (SSSR count). The molecule has 2 aromatic heterocycles. The van der Waals surface area contributed by atoms with E-state index in [1.165, 1.54) is 6.42 Å². The van der Waals surface area contributed by atoms with Gasteiger partial charge >= 0.3 is 0 Å². The summed E-state index contributed by atoms with van der Waals surface area (Å²) in [7, 11) is 0. The molecule has 36 heavy (non-hydrogen) atoms. The van der Waals surface area contributed by atoms with Crippen molar-refractivity contribution in [3.8, 4) is 17.2 Å². The number of furan rings is 1. The molecule has 1 aliphatic carbocycles. The van der Waals surface area contributed by atoms with Crippen LogP contribution < -0.4 is 10.1 Å². The minimum atomic E-state index is -1.07. The lowest BCUT2D eigenvalue weighted by Gasteiger charge is -2.45. The van der Waals surface area contributed by atoms with Crippen molar-refractivity contribution in [3.05, 3.63) is 66.1 Å². The highest BCUT2D eigenvalue weighted by atomic mass is 16.5. The topological polar surface area (TPSA) is 76.7 Å². The molecule has 3 aromatic rings. The van der Waals surface area contributed by atoms with Gasteiger partial charge in [-0.3, -0.25) is 9.59 Å². The van der Waals surface area contributed by atoms with Crippen molar-refractivity contribution in [1.82, 2.24) is 14.8 Å². The van der Waals surface area contributed by atoms with Gasteiger partial charge in [-0.2, -0.15) is 0 Å². The predicted octanol–water partition coefficient (Wildman–Crippen LogP) is 5.26. The Morgan fingerprint density at radius 1 is 1.11 bits per heavy atom. The highest BCUT2D eigenvalue weighted by molar-refractivity contribution is 6.00. The third-order valence-electron chi connectivity index (χ3n) is 7.77. The zero-order valence-electron chi connectivity index (χ0n) is 21.3. The summed E-state index contributed by atoms with van der Waals surface area (Å²) in [6.45, 7) is 7.31. The van der Waals surface area contributed by atoms with Crippen LogP contribution in [0.15, 0.2) is 59.2 Å². The predicted molar refractivity (Wildman–Crippen MR) is 138 cm³/mol. The summed E-state index contributed by atoms with van der Waals surface area (Å²) in [4.78, 5) is 29.6. The van der Waals surface area contributed by atoms with E-state index in [4.69, 9.17) is 9.15 Å².